The topological polar surface area (TPSA) is 27.6 Å². The molecule has 0 saturated carbocycles. The van der Waals surface area contributed by atoms with Gasteiger partial charge in [-0.3, -0.25) is 4.99 Å². The minimum Gasteiger partial charge on any atom is -0.363 e. The van der Waals surface area contributed by atoms with E-state index >= 15 is 0 Å². The standard InChI is InChI=1S/C10H19N3S/c1-2-7-13(6-1)8-3-9-14-10-11-4-5-12-10/h1-9H2,(H,11,12). The van der Waals surface area contributed by atoms with Crippen molar-refractivity contribution in [3.05, 3.63) is 0 Å². The lowest BCUT2D eigenvalue weighted by atomic mass is 10.4. The van der Waals surface area contributed by atoms with E-state index in [1.165, 1.54) is 44.6 Å². The van der Waals surface area contributed by atoms with Crippen molar-refractivity contribution in [1.82, 2.24) is 10.2 Å². The molecule has 1 fully saturated rings. The quantitative estimate of drug-likeness (QED) is 0.710. The van der Waals surface area contributed by atoms with E-state index in [-0.39, 0.29) is 0 Å². The first-order valence-electron chi connectivity index (χ1n) is 5.58. The molecular weight excluding hydrogens is 194 g/mol. The maximum atomic E-state index is 4.36. The van der Waals surface area contributed by atoms with Gasteiger partial charge in [-0.1, -0.05) is 11.8 Å². The van der Waals surface area contributed by atoms with Gasteiger partial charge >= 0.3 is 0 Å². The van der Waals surface area contributed by atoms with Crippen molar-refractivity contribution in [3.8, 4) is 0 Å². The highest BCUT2D eigenvalue weighted by atomic mass is 32.2. The van der Waals surface area contributed by atoms with E-state index < -0.39 is 0 Å². The van der Waals surface area contributed by atoms with E-state index in [0.29, 0.717) is 0 Å². The van der Waals surface area contributed by atoms with Gasteiger partial charge in [0, 0.05) is 12.3 Å². The highest BCUT2D eigenvalue weighted by Gasteiger charge is 2.11. The van der Waals surface area contributed by atoms with Gasteiger partial charge in [-0.15, -0.1) is 0 Å². The lowest BCUT2D eigenvalue weighted by molar-refractivity contribution is 0.341. The van der Waals surface area contributed by atoms with Gasteiger partial charge in [0.1, 0.15) is 0 Å². The van der Waals surface area contributed by atoms with E-state index in [1.807, 2.05) is 11.8 Å². The summed E-state index contributed by atoms with van der Waals surface area (Å²) in [6, 6.07) is 0. The number of thioether (sulfide) groups is 1. The average molecular weight is 213 g/mol. The molecule has 0 radical (unpaired) electrons. The molecule has 0 aromatic carbocycles. The van der Waals surface area contributed by atoms with Gasteiger partial charge in [0.05, 0.1) is 6.54 Å². The van der Waals surface area contributed by atoms with Crippen molar-refractivity contribution >= 4 is 16.9 Å². The zero-order chi connectivity index (χ0) is 9.64. The van der Waals surface area contributed by atoms with E-state index in [1.54, 1.807) is 0 Å². The smallest absolute Gasteiger partial charge is 0.156 e. The monoisotopic (exact) mass is 213 g/mol. The molecule has 0 spiro atoms. The predicted molar refractivity (Wildman–Crippen MR) is 63.1 cm³/mol. The Kier molecular flexibility index (Phi) is 4.13. The van der Waals surface area contributed by atoms with E-state index in [9.17, 15) is 0 Å². The van der Waals surface area contributed by atoms with Crippen LogP contribution in [0.2, 0.25) is 0 Å². The molecule has 80 valence electrons. The molecular formula is C10H19N3S. The Morgan fingerprint density at radius 3 is 2.93 bits per heavy atom. The number of rotatable bonds is 4. The van der Waals surface area contributed by atoms with Gasteiger partial charge in [0.15, 0.2) is 5.17 Å². The van der Waals surface area contributed by atoms with Crippen LogP contribution in [0, 0.1) is 0 Å². The second-order valence-electron chi connectivity index (χ2n) is 3.86. The van der Waals surface area contributed by atoms with Gasteiger partial charge in [-0.05, 0) is 38.9 Å². The third-order valence-electron chi connectivity index (χ3n) is 2.70. The molecule has 0 amide bonds. The first-order valence-corrected chi connectivity index (χ1v) is 6.57. The fraction of sp³-hybridized carbons (Fsp3) is 0.900. The number of nitrogens with one attached hydrogen (secondary N) is 1. The number of hydrogen-bond acceptors (Lipinski definition) is 4. The van der Waals surface area contributed by atoms with E-state index in [4.69, 9.17) is 0 Å². The van der Waals surface area contributed by atoms with Crippen LogP contribution in [0.4, 0.5) is 0 Å². The second-order valence-corrected chi connectivity index (χ2v) is 4.95. The third-order valence-corrected chi connectivity index (χ3v) is 3.74. The Bertz CT molecular complexity index is 200. The molecule has 14 heavy (non-hydrogen) atoms. The number of aliphatic imine (C=N–C) groups is 1. The molecule has 2 aliphatic heterocycles. The van der Waals surface area contributed by atoms with Crippen LogP contribution in [0.5, 0.6) is 0 Å². The molecule has 1 N–H and O–H groups in total. The summed E-state index contributed by atoms with van der Waals surface area (Å²) in [5, 5.41) is 4.44. The summed E-state index contributed by atoms with van der Waals surface area (Å²) in [7, 11) is 0. The summed E-state index contributed by atoms with van der Waals surface area (Å²) >= 11 is 1.88. The van der Waals surface area contributed by atoms with Crippen molar-refractivity contribution < 1.29 is 0 Å². The fourth-order valence-electron chi connectivity index (χ4n) is 1.94. The van der Waals surface area contributed by atoms with Crippen LogP contribution < -0.4 is 5.32 Å². The summed E-state index contributed by atoms with van der Waals surface area (Å²) in [4.78, 5) is 6.93. The Morgan fingerprint density at radius 2 is 2.21 bits per heavy atom. The molecule has 4 heteroatoms. The molecule has 2 rings (SSSR count). The maximum Gasteiger partial charge on any atom is 0.156 e. The Hall–Kier alpha value is -0.220. The third kappa shape index (κ3) is 3.17. The summed E-state index contributed by atoms with van der Waals surface area (Å²) in [6.07, 6.45) is 4.11. The van der Waals surface area contributed by atoms with Crippen LogP contribution in [0.15, 0.2) is 4.99 Å². The van der Waals surface area contributed by atoms with Gasteiger partial charge in [-0.2, -0.15) is 0 Å². The minimum absolute atomic E-state index is 0.967. The number of amidine groups is 1. The van der Waals surface area contributed by atoms with Crippen molar-refractivity contribution in [2.75, 3.05) is 38.5 Å². The van der Waals surface area contributed by atoms with Crippen LogP contribution in [-0.2, 0) is 0 Å². The predicted octanol–water partition coefficient (Wildman–Crippen LogP) is 1.16. The van der Waals surface area contributed by atoms with Crippen LogP contribution in [0.3, 0.4) is 0 Å². The molecule has 2 aliphatic rings. The summed E-state index contributed by atoms with van der Waals surface area (Å²) < 4.78 is 0. The van der Waals surface area contributed by atoms with Crippen LogP contribution >= 0.6 is 11.8 Å². The molecule has 0 aromatic heterocycles. The minimum atomic E-state index is 0.967. The number of hydrogen-bond donors (Lipinski definition) is 1. The van der Waals surface area contributed by atoms with Crippen molar-refractivity contribution in [2.45, 2.75) is 19.3 Å². The van der Waals surface area contributed by atoms with Crippen LogP contribution in [-0.4, -0.2) is 48.5 Å². The van der Waals surface area contributed by atoms with Crippen molar-refractivity contribution in [1.29, 1.82) is 0 Å². The highest BCUT2D eigenvalue weighted by Crippen LogP contribution is 2.11. The normalized spacial score (nSPS) is 22.4. The van der Waals surface area contributed by atoms with E-state index in [2.05, 4.69) is 15.2 Å². The molecule has 0 unspecified atom stereocenters. The zero-order valence-electron chi connectivity index (χ0n) is 8.67. The van der Waals surface area contributed by atoms with Crippen LogP contribution in [0.25, 0.3) is 0 Å². The highest BCUT2D eigenvalue weighted by molar-refractivity contribution is 8.13. The number of nitrogens with zero attached hydrogens (tertiary/aromatic N) is 2. The number of likely N-dealkylation sites (tertiary alicyclic amines) is 1. The maximum absolute atomic E-state index is 4.36. The first kappa shape index (κ1) is 10.3. The Balaban J connectivity index is 1.50. The molecule has 2 heterocycles. The Morgan fingerprint density at radius 1 is 1.36 bits per heavy atom. The van der Waals surface area contributed by atoms with Crippen molar-refractivity contribution in [2.24, 2.45) is 4.99 Å². The molecule has 0 atom stereocenters. The molecule has 0 bridgehead atoms. The zero-order valence-corrected chi connectivity index (χ0v) is 9.48. The van der Waals surface area contributed by atoms with Gasteiger partial charge in [0.2, 0.25) is 0 Å². The fourth-order valence-corrected chi connectivity index (χ4v) is 2.79. The average Bonchev–Trinajstić information content (AvgIpc) is 2.86. The van der Waals surface area contributed by atoms with Crippen LogP contribution in [0.1, 0.15) is 19.3 Å². The molecule has 3 nitrogen and oxygen atoms in total. The lowest BCUT2D eigenvalue weighted by Crippen LogP contribution is -2.21. The largest absolute Gasteiger partial charge is 0.363 e. The summed E-state index contributed by atoms with van der Waals surface area (Å²) in [5.74, 6) is 1.21. The lowest BCUT2D eigenvalue weighted by Gasteiger charge is -2.13. The SMILES string of the molecule is C1CCN(CCCSC2=NCCN2)C1. The second kappa shape index (κ2) is 5.61. The van der Waals surface area contributed by atoms with Gasteiger partial charge < -0.3 is 10.2 Å². The summed E-state index contributed by atoms with van der Waals surface area (Å²) in [6.45, 7) is 5.93. The molecule has 0 aliphatic carbocycles. The van der Waals surface area contributed by atoms with Gasteiger partial charge in [0.25, 0.3) is 0 Å². The first-order chi connectivity index (χ1) is 6.95. The Labute approximate surface area is 90.3 Å². The molecule has 1 saturated heterocycles. The van der Waals surface area contributed by atoms with E-state index in [0.717, 1.165) is 18.3 Å². The summed E-state index contributed by atoms with van der Waals surface area (Å²) in [5.41, 5.74) is 0. The van der Waals surface area contributed by atoms with Gasteiger partial charge in [-0.25, -0.2) is 0 Å². The van der Waals surface area contributed by atoms with Crippen molar-refractivity contribution in [3.63, 3.8) is 0 Å². The molecule has 0 aromatic rings.